The summed E-state index contributed by atoms with van der Waals surface area (Å²) in [7, 11) is 0. The van der Waals surface area contributed by atoms with Gasteiger partial charge in [0.1, 0.15) is 0 Å². The van der Waals surface area contributed by atoms with Crippen LogP contribution < -0.4 is 10.2 Å². The molecular weight excluding hydrogens is 253 g/mol. The molecule has 2 atom stereocenters. The minimum atomic E-state index is -0.313. The van der Waals surface area contributed by atoms with E-state index in [0.29, 0.717) is 22.9 Å². The van der Waals surface area contributed by atoms with Gasteiger partial charge in [0, 0.05) is 24.8 Å². The van der Waals surface area contributed by atoms with E-state index in [4.69, 9.17) is 11.6 Å². The molecule has 5 heteroatoms. The second kappa shape index (κ2) is 5.02. The van der Waals surface area contributed by atoms with Gasteiger partial charge in [0.2, 0.25) is 0 Å². The Morgan fingerprint density at radius 1 is 1.39 bits per heavy atom. The fourth-order valence-electron chi connectivity index (χ4n) is 3.13. The highest BCUT2D eigenvalue weighted by molar-refractivity contribution is 6.30. The van der Waals surface area contributed by atoms with Crippen LogP contribution >= 0.6 is 11.6 Å². The van der Waals surface area contributed by atoms with E-state index in [1.54, 1.807) is 0 Å². The van der Waals surface area contributed by atoms with Crippen molar-refractivity contribution in [3.05, 3.63) is 23.1 Å². The molecule has 0 radical (unpaired) electrons. The van der Waals surface area contributed by atoms with E-state index < -0.39 is 0 Å². The van der Waals surface area contributed by atoms with Crippen molar-refractivity contribution in [3.63, 3.8) is 0 Å². The van der Waals surface area contributed by atoms with Crippen LogP contribution in [0.15, 0.2) is 12.3 Å². The quantitative estimate of drug-likeness (QED) is 0.895. The van der Waals surface area contributed by atoms with E-state index in [9.17, 15) is 4.39 Å². The average molecular weight is 270 g/mol. The Morgan fingerprint density at radius 2 is 2.28 bits per heavy atom. The molecule has 0 aromatic carbocycles. The fraction of sp³-hybridized carbons (Fsp3) is 0.615. The van der Waals surface area contributed by atoms with Crippen LogP contribution in [0.4, 0.5) is 10.2 Å². The van der Waals surface area contributed by atoms with Gasteiger partial charge in [-0.3, -0.25) is 0 Å². The summed E-state index contributed by atoms with van der Waals surface area (Å²) in [6.07, 6.45) is 6.13. The number of nitrogens with zero attached hydrogens (tertiary/aromatic N) is 2. The number of pyridine rings is 1. The third kappa shape index (κ3) is 2.19. The van der Waals surface area contributed by atoms with Crippen molar-refractivity contribution in [3.8, 4) is 0 Å². The third-order valence-electron chi connectivity index (χ3n) is 3.92. The maximum absolute atomic E-state index is 14.0. The van der Waals surface area contributed by atoms with Crippen LogP contribution in [0.25, 0.3) is 0 Å². The van der Waals surface area contributed by atoms with Gasteiger partial charge in [-0.25, -0.2) is 9.37 Å². The van der Waals surface area contributed by atoms with Crippen LogP contribution in [0.5, 0.6) is 0 Å². The predicted octanol–water partition coefficient (Wildman–Crippen LogP) is 2.59. The van der Waals surface area contributed by atoms with E-state index in [2.05, 4.69) is 15.2 Å². The molecule has 0 saturated carbocycles. The molecular formula is C13H17ClFN3. The summed E-state index contributed by atoms with van der Waals surface area (Å²) in [4.78, 5) is 6.28. The highest BCUT2D eigenvalue weighted by Crippen LogP contribution is 2.31. The van der Waals surface area contributed by atoms with Crippen LogP contribution in [0.3, 0.4) is 0 Å². The number of nitrogens with one attached hydrogen (secondary N) is 1. The van der Waals surface area contributed by atoms with Crippen molar-refractivity contribution >= 4 is 17.4 Å². The second-order valence-electron chi connectivity index (χ2n) is 5.06. The predicted molar refractivity (Wildman–Crippen MR) is 70.6 cm³/mol. The molecule has 1 N–H and O–H groups in total. The summed E-state index contributed by atoms with van der Waals surface area (Å²) in [6.45, 7) is 1.96. The zero-order valence-electron chi connectivity index (χ0n) is 10.2. The normalized spacial score (nSPS) is 28.0. The lowest BCUT2D eigenvalue weighted by Gasteiger charge is -2.30. The van der Waals surface area contributed by atoms with Crippen LogP contribution in [0, 0.1) is 5.82 Å². The van der Waals surface area contributed by atoms with Crippen LogP contribution in [0.1, 0.15) is 25.7 Å². The van der Waals surface area contributed by atoms with E-state index >= 15 is 0 Å². The summed E-state index contributed by atoms with van der Waals surface area (Å²) in [6, 6.07) is 2.20. The first kappa shape index (κ1) is 12.2. The van der Waals surface area contributed by atoms with Gasteiger partial charge in [-0.2, -0.15) is 0 Å². The van der Waals surface area contributed by atoms with Gasteiger partial charge in [-0.05, 0) is 38.3 Å². The van der Waals surface area contributed by atoms with Crippen molar-refractivity contribution < 1.29 is 4.39 Å². The van der Waals surface area contributed by atoms with Crippen LogP contribution in [-0.4, -0.2) is 30.2 Å². The average Bonchev–Trinajstić information content (AvgIpc) is 2.98. The number of anilines is 1. The molecule has 2 saturated heterocycles. The first-order valence-corrected chi connectivity index (χ1v) is 6.94. The molecule has 3 rings (SSSR count). The van der Waals surface area contributed by atoms with Crippen molar-refractivity contribution in [1.82, 2.24) is 10.3 Å². The molecule has 3 nitrogen and oxygen atoms in total. The first-order valence-electron chi connectivity index (χ1n) is 6.57. The second-order valence-corrected chi connectivity index (χ2v) is 5.50. The zero-order chi connectivity index (χ0) is 12.5. The Kier molecular flexibility index (Phi) is 3.39. The van der Waals surface area contributed by atoms with Gasteiger partial charge >= 0.3 is 0 Å². The van der Waals surface area contributed by atoms with Crippen molar-refractivity contribution in [1.29, 1.82) is 0 Å². The fourth-order valence-corrected chi connectivity index (χ4v) is 3.28. The summed E-state index contributed by atoms with van der Waals surface area (Å²) in [5.74, 6) is 0.142. The van der Waals surface area contributed by atoms with Crippen molar-refractivity contribution in [2.45, 2.75) is 37.8 Å². The van der Waals surface area contributed by atoms with E-state index in [1.807, 2.05) is 0 Å². The largest absolute Gasteiger partial charge is 0.350 e. The molecule has 2 aliphatic rings. The lowest BCUT2D eigenvalue weighted by atomic mass is 10.0. The van der Waals surface area contributed by atoms with Gasteiger partial charge in [0.25, 0.3) is 0 Å². The smallest absolute Gasteiger partial charge is 0.167 e. The number of halogens is 2. The Hall–Kier alpha value is -0.870. The molecule has 18 heavy (non-hydrogen) atoms. The lowest BCUT2D eigenvalue weighted by molar-refractivity contribution is 0.475. The van der Waals surface area contributed by atoms with E-state index in [-0.39, 0.29) is 5.82 Å². The Bertz CT molecular complexity index is 434. The number of hydrogen-bond acceptors (Lipinski definition) is 3. The summed E-state index contributed by atoms with van der Waals surface area (Å²) in [5.41, 5.74) is 0. The molecule has 2 aliphatic heterocycles. The molecule has 0 aliphatic carbocycles. The maximum Gasteiger partial charge on any atom is 0.167 e. The minimum absolute atomic E-state index is 0.313. The molecule has 0 amide bonds. The Balaban J connectivity index is 1.85. The molecule has 98 valence electrons. The van der Waals surface area contributed by atoms with Gasteiger partial charge in [-0.1, -0.05) is 11.6 Å². The molecule has 1 aromatic rings. The molecule has 2 fully saturated rings. The minimum Gasteiger partial charge on any atom is -0.350 e. The highest BCUT2D eigenvalue weighted by Gasteiger charge is 2.34. The monoisotopic (exact) mass is 269 g/mol. The summed E-state index contributed by atoms with van der Waals surface area (Å²) < 4.78 is 14.0. The summed E-state index contributed by atoms with van der Waals surface area (Å²) in [5, 5.41) is 3.86. The molecule has 0 bridgehead atoms. The standard InChI is InChI=1S/C13H17ClFN3/c14-9-7-10(15)13(17-8-9)18-6-2-4-12(18)11-3-1-5-16-11/h7-8,11-12,16H,1-6H2. The molecule has 2 unspecified atom stereocenters. The topological polar surface area (TPSA) is 28.2 Å². The highest BCUT2D eigenvalue weighted by atomic mass is 35.5. The maximum atomic E-state index is 14.0. The number of rotatable bonds is 2. The molecule has 1 aromatic heterocycles. The van der Waals surface area contributed by atoms with Crippen molar-refractivity contribution in [2.24, 2.45) is 0 Å². The lowest BCUT2D eigenvalue weighted by Crippen LogP contribution is -2.44. The number of aromatic nitrogens is 1. The van der Waals surface area contributed by atoms with Gasteiger partial charge in [-0.15, -0.1) is 0 Å². The van der Waals surface area contributed by atoms with Crippen LogP contribution in [0.2, 0.25) is 5.02 Å². The molecule has 3 heterocycles. The third-order valence-corrected chi connectivity index (χ3v) is 4.13. The first-order chi connectivity index (χ1) is 8.75. The Labute approximate surface area is 111 Å². The number of hydrogen-bond donors (Lipinski definition) is 1. The summed E-state index contributed by atoms with van der Waals surface area (Å²) >= 11 is 5.75. The molecule has 0 spiro atoms. The van der Waals surface area contributed by atoms with Gasteiger partial charge in [0.15, 0.2) is 11.6 Å². The van der Waals surface area contributed by atoms with E-state index in [1.165, 1.54) is 25.1 Å². The van der Waals surface area contributed by atoms with Crippen LogP contribution in [-0.2, 0) is 0 Å². The van der Waals surface area contributed by atoms with Gasteiger partial charge in [0.05, 0.1) is 5.02 Å². The zero-order valence-corrected chi connectivity index (χ0v) is 11.0. The van der Waals surface area contributed by atoms with Gasteiger partial charge < -0.3 is 10.2 Å². The van der Waals surface area contributed by atoms with E-state index in [0.717, 1.165) is 25.9 Å². The SMILES string of the molecule is Fc1cc(Cl)cnc1N1CCCC1C1CCCN1. The Morgan fingerprint density at radius 3 is 3.00 bits per heavy atom. The van der Waals surface area contributed by atoms with Crippen molar-refractivity contribution in [2.75, 3.05) is 18.0 Å².